The Hall–Kier alpha value is -2.60. The van der Waals surface area contributed by atoms with Gasteiger partial charge in [0.1, 0.15) is 17.7 Å². The highest BCUT2D eigenvalue weighted by Gasteiger charge is 2.22. The number of hydrogen-bond donors (Lipinski definition) is 2. The smallest absolute Gasteiger partial charge is 0.359 e. The van der Waals surface area contributed by atoms with Crippen molar-refractivity contribution in [2.45, 2.75) is 6.92 Å². The van der Waals surface area contributed by atoms with E-state index in [1.807, 2.05) is 0 Å². The van der Waals surface area contributed by atoms with Crippen molar-refractivity contribution in [3.8, 4) is 6.07 Å². The third-order valence-electron chi connectivity index (χ3n) is 2.40. The molecular weight excluding hydrogens is 314 g/mol. The molecule has 116 valence electrons. The molecule has 0 aromatic heterocycles. The average Bonchev–Trinajstić information content (AvgIpc) is 2.50. The largest absolute Gasteiger partial charge is 0.461 e. The van der Waals surface area contributed by atoms with Gasteiger partial charge in [-0.1, -0.05) is 0 Å². The Bertz CT molecular complexity index is 671. The molecule has 22 heavy (non-hydrogen) atoms. The molecule has 0 heterocycles. The summed E-state index contributed by atoms with van der Waals surface area (Å²) >= 11 is 4.78. The average molecular weight is 326 g/mol. The minimum Gasteiger partial charge on any atom is -0.461 e. The van der Waals surface area contributed by atoms with E-state index in [0.717, 1.165) is 0 Å². The Labute approximate surface area is 130 Å². The zero-order valence-corrected chi connectivity index (χ0v) is 12.6. The van der Waals surface area contributed by atoms with Gasteiger partial charge in [0.2, 0.25) is 0 Å². The zero-order chi connectivity index (χ0) is 16.7. The number of hydrogen-bond acceptors (Lipinski definition) is 5. The number of nitrogens with one attached hydrogen (secondary N) is 2. The van der Waals surface area contributed by atoms with Gasteiger partial charge in [0.05, 0.1) is 12.2 Å². The SMILES string of the molecule is CCOC(=O)/C(=N\NC(=S)NC)c1cc(F)c(C#N)cc1F. The molecule has 0 aliphatic carbocycles. The van der Waals surface area contributed by atoms with Crippen LogP contribution in [0, 0.1) is 23.0 Å². The molecule has 0 amide bonds. The minimum atomic E-state index is -0.984. The van der Waals surface area contributed by atoms with E-state index in [9.17, 15) is 13.6 Å². The van der Waals surface area contributed by atoms with E-state index >= 15 is 0 Å². The number of thiocarbonyl (C=S) groups is 1. The predicted octanol–water partition coefficient (Wildman–Crippen LogP) is 1.20. The number of carbonyl (C=O) groups excluding carboxylic acids is 1. The number of ether oxygens (including phenoxy) is 1. The molecule has 0 radical (unpaired) electrons. The fourth-order valence-electron chi connectivity index (χ4n) is 1.39. The van der Waals surface area contributed by atoms with E-state index in [0.29, 0.717) is 12.1 Å². The van der Waals surface area contributed by atoms with E-state index in [-0.39, 0.29) is 11.7 Å². The number of halogens is 2. The van der Waals surface area contributed by atoms with Crippen molar-refractivity contribution in [3.63, 3.8) is 0 Å². The molecule has 1 aromatic rings. The number of hydrazone groups is 1. The third-order valence-corrected chi connectivity index (χ3v) is 2.69. The fraction of sp³-hybridized carbons (Fsp3) is 0.231. The van der Waals surface area contributed by atoms with E-state index in [2.05, 4.69) is 15.8 Å². The van der Waals surface area contributed by atoms with Crippen LogP contribution in [-0.4, -0.2) is 30.4 Å². The fourth-order valence-corrected chi connectivity index (χ4v) is 1.44. The molecule has 2 N–H and O–H groups in total. The van der Waals surface area contributed by atoms with Gasteiger partial charge in [-0.25, -0.2) is 13.6 Å². The maximum atomic E-state index is 14.0. The van der Waals surface area contributed by atoms with Crippen molar-refractivity contribution >= 4 is 29.0 Å². The van der Waals surface area contributed by atoms with Crippen LogP contribution in [0.25, 0.3) is 0 Å². The van der Waals surface area contributed by atoms with E-state index in [1.165, 1.54) is 13.1 Å². The van der Waals surface area contributed by atoms with Crippen molar-refractivity contribution in [3.05, 3.63) is 34.9 Å². The van der Waals surface area contributed by atoms with Gasteiger partial charge >= 0.3 is 5.97 Å². The monoisotopic (exact) mass is 326 g/mol. The minimum absolute atomic E-state index is 0.0225. The number of nitrogens with zero attached hydrogens (tertiary/aromatic N) is 2. The van der Waals surface area contributed by atoms with Crippen LogP contribution in [0.5, 0.6) is 0 Å². The predicted molar refractivity (Wildman–Crippen MR) is 79.0 cm³/mol. The topological polar surface area (TPSA) is 86.5 Å². The molecule has 0 spiro atoms. The molecule has 0 fully saturated rings. The molecule has 6 nitrogen and oxygen atoms in total. The lowest BCUT2D eigenvalue weighted by Crippen LogP contribution is -2.31. The number of esters is 1. The van der Waals surface area contributed by atoms with Gasteiger partial charge in [-0.3, -0.25) is 5.43 Å². The van der Waals surface area contributed by atoms with E-state index in [4.69, 9.17) is 22.2 Å². The highest BCUT2D eigenvalue weighted by atomic mass is 32.1. The molecule has 1 aromatic carbocycles. The number of nitriles is 1. The van der Waals surface area contributed by atoms with Gasteiger partial charge < -0.3 is 10.1 Å². The lowest BCUT2D eigenvalue weighted by atomic mass is 10.1. The summed E-state index contributed by atoms with van der Waals surface area (Å²) in [5.41, 5.74) is 0.873. The van der Waals surface area contributed by atoms with Crippen LogP contribution in [0.3, 0.4) is 0 Å². The molecule has 1 rings (SSSR count). The Balaban J connectivity index is 3.33. The summed E-state index contributed by atoms with van der Waals surface area (Å²) in [7, 11) is 1.51. The second kappa shape index (κ2) is 7.99. The first-order valence-electron chi connectivity index (χ1n) is 6.06. The second-order valence-corrected chi connectivity index (χ2v) is 4.20. The first-order chi connectivity index (χ1) is 10.4. The summed E-state index contributed by atoms with van der Waals surface area (Å²) in [5.74, 6) is -2.93. The van der Waals surface area contributed by atoms with Gasteiger partial charge in [0.25, 0.3) is 0 Å². The van der Waals surface area contributed by atoms with Gasteiger partial charge in [-0.2, -0.15) is 10.4 Å². The maximum Gasteiger partial charge on any atom is 0.359 e. The molecule has 9 heteroatoms. The summed E-state index contributed by atoms with van der Waals surface area (Å²) in [6, 6.07) is 2.88. The summed E-state index contributed by atoms with van der Waals surface area (Å²) < 4.78 is 32.4. The van der Waals surface area contributed by atoms with Crippen LogP contribution in [0.4, 0.5) is 8.78 Å². The van der Waals surface area contributed by atoms with Crippen LogP contribution in [0.2, 0.25) is 0 Å². The lowest BCUT2D eigenvalue weighted by Gasteiger charge is -2.09. The maximum absolute atomic E-state index is 14.0. The van der Waals surface area contributed by atoms with Crippen LogP contribution < -0.4 is 10.7 Å². The first kappa shape index (κ1) is 17.5. The summed E-state index contributed by atoms with van der Waals surface area (Å²) in [6.45, 7) is 1.58. The number of rotatable bonds is 4. The Kier molecular flexibility index (Phi) is 6.34. The standard InChI is InChI=1S/C13H12F2N4O2S/c1-3-21-12(20)11(18-19-13(22)17-2)8-5-9(14)7(6-16)4-10(8)15/h4-5H,3H2,1-2H3,(H2,17,19,22)/b18-11-. The molecular formula is C13H12F2N4O2S. The van der Waals surface area contributed by atoms with Crippen LogP contribution in [0.1, 0.15) is 18.1 Å². The van der Waals surface area contributed by atoms with Crippen LogP contribution in [0.15, 0.2) is 17.2 Å². The van der Waals surface area contributed by atoms with Crippen molar-refractivity contribution in [1.82, 2.24) is 10.7 Å². The zero-order valence-electron chi connectivity index (χ0n) is 11.7. The van der Waals surface area contributed by atoms with Crippen molar-refractivity contribution in [2.75, 3.05) is 13.7 Å². The van der Waals surface area contributed by atoms with Crippen molar-refractivity contribution in [1.29, 1.82) is 5.26 Å². The van der Waals surface area contributed by atoms with Gasteiger partial charge in [0, 0.05) is 12.6 Å². The Morgan fingerprint density at radius 3 is 2.68 bits per heavy atom. The highest BCUT2D eigenvalue weighted by Crippen LogP contribution is 2.16. The van der Waals surface area contributed by atoms with E-state index < -0.39 is 34.4 Å². The molecule has 0 aliphatic rings. The molecule has 0 aliphatic heterocycles. The Morgan fingerprint density at radius 1 is 1.45 bits per heavy atom. The van der Waals surface area contributed by atoms with Crippen LogP contribution >= 0.6 is 12.2 Å². The quantitative estimate of drug-likeness (QED) is 0.374. The normalized spacial score (nSPS) is 10.6. The summed E-state index contributed by atoms with van der Waals surface area (Å²) in [5, 5.41) is 14.9. The molecule has 0 atom stereocenters. The van der Waals surface area contributed by atoms with E-state index in [1.54, 1.807) is 6.92 Å². The van der Waals surface area contributed by atoms with Gasteiger partial charge in [0.15, 0.2) is 10.8 Å². The first-order valence-corrected chi connectivity index (χ1v) is 6.47. The molecule has 0 saturated carbocycles. The molecule has 0 bridgehead atoms. The number of benzene rings is 1. The van der Waals surface area contributed by atoms with Crippen molar-refractivity contribution in [2.24, 2.45) is 5.10 Å². The summed E-state index contributed by atoms with van der Waals surface area (Å²) in [6.07, 6.45) is 0. The van der Waals surface area contributed by atoms with Gasteiger partial charge in [-0.15, -0.1) is 0 Å². The van der Waals surface area contributed by atoms with Crippen LogP contribution in [-0.2, 0) is 9.53 Å². The second-order valence-electron chi connectivity index (χ2n) is 3.80. The summed E-state index contributed by atoms with van der Waals surface area (Å²) in [4.78, 5) is 11.9. The van der Waals surface area contributed by atoms with Crippen molar-refractivity contribution < 1.29 is 18.3 Å². The third kappa shape index (κ3) is 4.20. The Morgan fingerprint density at radius 2 is 2.14 bits per heavy atom. The van der Waals surface area contributed by atoms with Gasteiger partial charge in [-0.05, 0) is 31.3 Å². The molecule has 0 unspecified atom stereocenters. The highest BCUT2D eigenvalue weighted by molar-refractivity contribution is 7.80. The number of carbonyl (C=O) groups is 1. The lowest BCUT2D eigenvalue weighted by molar-refractivity contribution is -0.135. The molecule has 0 saturated heterocycles.